The van der Waals surface area contributed by atoms with E-state index in [1.54, 1.807) is 27.8 Å². The van der Waals surface area contributed by atoms with Crippen LogP contribution < -0.4 is 4.90 Å². The van der Waals surface area contributed by atoms with Gasteiger partial charge in [-0.25, -0.2) is 23.0 Å². The van der Waals surface area contributed by atoms with Gasteiger partial charge in [-0.15, -0.1) is 5.10 Å². The third kappa shape index (κ3) is 4.13. The average molecular weight is 526 g/mol. The van der Waals surface area contributed by atoms with E-state index in [0.29, 0.717) is 16.9 Å². The van der Waals surface area contributed by atoms with Crippen molar-refractivity contribution < 1.29 is 18.6 Å². The number of morpholine rings is 1. The number of rotatable bonds is 6. The Balaban J connectivity index is 1.18. The number of fused-ring (bicyclic) bond motifs is 3. The van der Waals surface area contributed by atoms with Gasteiger partial charge in [0.2, 0.25) is 0 Å². The highest BCUT2D eigenvalue weighted by Crippen LogP contribution is 2.35. The molecule has 6 heterocycles. The normalized spacial score (nSPS) is 25.6. The summed E-state index contributed by atoms with van der Waals surface area (Å²) in [5.41, 5.74) is 1.66. The second-order valence-electron chi connectivity index (χ2n) is 10.6. The molecule has 2 aliphatic heterocycles. The van der Waals surface area contributed by atoms with E-state index in [-0.39, 0.29) is 42.2 Å². The quantitative estimate of drug-likeness (QED) is 0.409. The van der Waals surface area contributed by atoms with Gasteiger partial charge in [0.05, 0.1) is 42.4 Å². The Kier molecular flexibility index (Phi) is 5.84. The highest BCUT2D eigenvalue weighted by Gasteiger charge is 2.34. The van der Waals surface area contributed by atoms with E-state index >= 15 is 0 Å². The first-order chi connectivity index (χ1) is 18.6. The smallest absolute Gasteiger partial charge is 0.284 e. The zero-order valence-corrected chi connectivity index (χ0v) is 20.8. The number of aliphatic hydroxyl groups is 1. The minimum Gasteiger partial charge on any atom is -0.396 e. The molecule has 4 aromatic rings. The van der Waals surface area contributed by atoms with Crippen molar-refractivity contribution in [3.05, 3.63) is 36.5 Å². The lowest BCUT2D eigenvalue weighted by Crippen LogP contribution is -2.43. The Bertz CT molecular complexity index is 1430. The maximum Gasteiger partial charge on any atom is 0.284 e. The van der Waals surface area contributed by atoms with Crippen LogP contribution in [0.1, 0.15) is 56.7 Å². The fraction of sp³-hybridized carbons (Fsp3) is 0.560. The van der Waals surface area contributed by atoms with Crippen molar-refractivity contribution in [2.45, 2.75) is 63.2 Å². The van der Waals surface area contributed by atoms with E-state index in [0.717, 1.165) is 57.4 Å². The monoisotopic (exact) mass is 525 g/mol. The molecule has 0 radical (unpaired) electrons. The van der Waals surface area contributed by atoms with Gasteiger partial charge in [0.25, 0.3) is 6.43 Å². The molecule has 1 aliphatic carbocycles. The third-order valence-electron chi connectivity index (χ3n) is 8.13. The summed E-state index contributed by atoms with van der Waals surface area (Å²) >= 11 is 0. The molecule has 0 aromatic carbocycles. The van der Waals surface area contributed by atoms with Gasteiger partial charge in [-0.1, -0.05) is 5.21 Å². The molecule has 2 saturated heterocycles. The fourth-order valence-corrected chi connectivity index (χ4v) is 6.03. The van der Waals surface area contributed by atoms with Gasteiger partial charge in [0.1, 0.15) is 17.2 Å². The molecule has 11 nitrogen and oxygen atoms in total. The van der Waals surface area contributed by atoms with E-state index in [1.165, 1.54) is 4.68 Å². The second kappa shape index (κ2) is 9.38. The van der Waals surface area contributed by atoms with E-state index in [1.807, 2.05) is 12.3 Å². The molecule has 0 amide bonds. The summed E-state index contributed by atoms with van der Waals surface area (Å²) in [4.78, 5) is 7.12. The Morgan fingerprint density at radius 2 is 1.84 bits per heavy atom. The van der Waals surface area contributed by atoms with Gasteiger partial charge >= 0.3 is 0 Å². The third-order valence-corrected chi connectivity index (χ3v) is 8.13. The molecule has 3 fully saturated rings. The van der Waals surface area contributed by atoms with Gasteiger partial charge in [-0.05, 0) is 50.5 Å². The lowest BCUT2D eigenvalue weighted by molar-refractivity contribution is 0.0302. The first kappa shape index (κ1) is 23.7. The Morgan fingerprint density at radius 1 is 1.05 bits per heavy atom. The minimum atomic E-state index is -2.75. The largest absolute Gasteiger partial charge is 0.396 e. The Hall–Kier alpha value is -3.45. The number of ether oxygens (including phenoxy) is 1. The summed E-state index contributed by atoms with van der Waals surface area (Å²) in [7, 11) is 0. The summed E-state index contributed by atoms with van der Waals surface area (Å²) in [5, 5.41) is 26.5. The molecule has 13 heteroatoms. The highest BCUT2D eigenvalue weighted by atomic mass is 19.3. The Labute approximate surface area is 217 Å². The number of halogens is 2. The van der Waals surface area contributed by atoms with Crippen LogP contribution in [0.3, 0.4) is 0 Å². The van der Waals surface area contributed by atoms with Crippen LogP contribution in [-0.2, 0) is 4.74 Å². The summed E-state index contributed by atoms with van der Waals surface area (Å²) in [6.45, 7) is 1.78. The molecule has 1 unspecified atom stereocenters. The predicted octanol–water partition coefficient (Wildman–Crippen LogP) is 3.20. The zero-order valence-electron chi connectivity index (χ0n) is 20.8. The highest BCUT2D eigenvalue weighted by molar-refractivity contribution is 5.75. The van der Waals surface area contributed by atoms with Gasteiger partial charge in [0.15, 0.2) is 11.3 Å². The van der Waals surface area contributed by atoms with Crippen LogP contribution in [0.4, 0.5) is 14.6 Å². The van der Waals surface area contributed by atoms with E-state index in [4.69, 9.17) is 9.72 Å². The van der Waals surface area contributed by atoms with Gasteiger partial charge < -0.3 is 14.7 Å². The molecule has 200 valence electrons. The molecule has 38 heavy (non-hydrogen) atoms. The number of aliphatic hydroxyl groups excluding tert-OH is 1. The molecule has 3 aliphatic rings. The Morgan fingerprint density at radius 3 is 2.58 bits per heavy atom. The molecule has 7 rings (SSSR count). The van der Waals surface area contributed by atoms with E-state index in [2.05, 4.69) is 25.4 Å². The van der Waals surface area contributed by atoms with Crippen molar-refractivity contribution in [3.8, 4) is 16.9 Å². The number of hydrogen-bond donors (Lipinski definition) is 1. The first-order valence-corrected chi connectivity index (χ1v) is 13.2. The molecule has 1 N–H and O–H groups in total. The second-order valence-corrected chi connectivity index (χ2v) is 10.6. The summed E-state index contributed by atoms with van der Waals surface area (Å²) < 4.78 is 38.6. The lowest BCUT2D eigenvalue weighted by atomic mass is 9.87. The molecule has 1 saturated carbocycles. The molecule has 2 bridgehead atoms. The van der Waals surface area contributed by atoms with Crippen molar-refractivity contribution >= 4 is 11.5 Å². The summed E-state index contributed by atoms with van der Waals surface area (Å²) in [5.74, 6) is 1.12. The van der Waals surface area contributed by atoms with Crippen LogP contribution in [0, 0.1) is 5.92 Å². The standard InChI is InChI=1S/C25H29F2N9O2/c26-24(27)23-21(13-35(31-23)16-3-1-15(14-37)2-4-16)36-12-20(30-32-36)19-9-28-34-8-7-22(29-25(19)34)33-10-17-5-6-18(11-33)38-17/h7-9,12-13,15-18,24,37H,1-6,10-11,14H2/t15?,16?,17-,18?/m1/s1. The predicted molar refractivity (Wildman–Crippen MR) is 132 cm³/mol. The van der Waals surface area contributed by atoms with Crippen LogP contribution in [0.2, 0.25) is 0 Å². The number of hydrogen-bond acceptors (Lipinski definition) is 8. The van der Waals surface area contributed by atoms with Crippen LogP contribution >= 0.6 is 0 Å². The molecule has 0 spiro atoms. The number of alkyl halides is 2. The van der Waals surface area contributed by atoms with Gasteiger partial charge in [-0.3, -0.25) is 4.68 Å². The minimum absolute atomic E-state index is 0.0182. The van der Waals surface area contributed by atoms with Crippen molar-refractivity contribution in [2.24, 2.45) is 5.92 Å². The SMILES string of the molecule is OCC1CCC(n2cc(-n3cc(-c4cnn5ccc(N6CC7CC[C@H](C6)O7)nc45)nn3)c(C(F)F)n2)CC1. The first-order valence-electron chi connectivity index (χ1n) is 13.2. The molecule has 2 atom stereocenters. The number of anilines is 1. The fourth-order valence-electron chi connectivity index (χ4n) is 6.03. The van der Waals surface area contributed by atoms with Crippen molar-refractivity contribution in [2.75, 3.05) is 24.6 Å². The van der Waals surface area contributed by atoms with Crippen LogP contribution in [0.5, 0.6) is 0 Å². The zero-order chi connectivity index (χ0) is 25.8. The van der Waals surface area contributed by atoms with Gasteiger partial charge in [-0.2, -0.15) is 10.2 Å². The summed E-state index contributed by atoms with van der Waals surface area (Å²) in [6.07, 6.45) is 9.95. The van der Waals surface area contributed by atoms with E-state index in [9.17, 15) is 13.9 Å². The topological polar surface area (TPSA) is 111 Å². The number of aromatic nitrogens is 8. The van der Waals surface area contributed by atoms with Crippen molar-refractivity contribution in [3.63, 3.8) is 0 Å². The van der Waals surface area contributed by atoms with Crippen molar-refractivity contribution in [1.82, 2.24) is 39.4 Å². The van der Waals surface area contributed by atoms with Crippen LogP contribution in [-0.4, -0.2) is 76.4 Å². The molecular formula is C25H29F2N9O2. The van der Waals surface area contributed by atoms with Crippen molar-refractivity contribution in [1.29, 1.82) is 0 Å². The lowest BCUT2D eigenvalue weighted by Gasteiger charge is -2.32. The van der Waals surface area contributed by atoms with Crippen LogP contribution in [0.15, 0.2) is 30.9 Å². The average Bonchev–Trinajstić information content (AvgIpc) is 3.73. The molecule has 4 aromatic heterocycles. The maximum absolute atomic E-state index is 14.0. The molecular weight excluding hydrogens is 496 g/mol. The van der Waals surface area contributed by atoms with E-state index < -0.39 is 6.43 Å². The maximum atomic E-state index is 14.0. The van der Waals surface area contributed by atoms with Crippen LogP contribution in [0.25, 0.3) is 22.6 Å². The van der Waals surface area contributed by atoms with Gasteiger partial charge in [0, 0.05) is 25.9 Å². The number of nitrogens with zero attached hydrogens (tertiary/aromatic N) is 9. The summed E-state index contributed by atoms with van der Waals surface area (Å²) in [6, 6.07) is 1.97.